The van der Waals surface area contributed by atoms with E-state index in [4.69, 9.17) is 151 Å². The number of hydrogen-bond acceptors (Lipinski definition) is 1. The van der Waals surface area contributed by atoms with Gasteiger partial charge in [0.05, 0.1) is 0 Å². The second kappa shape index (κ2) is 21.2. The minimum absolute atomic E-state index is 0.836. The van der Waals surface area contributed by atoms with Crippen molar-refractivity contribution in [2.24, 2.45) is 0 Å². The smallest absolute Gasteiger partial charge is 0.0409 e. The van der Waals surface area contributed by atoms with Crippen molar-refractivity contribution in [1.82, 2.24) is 5.32 Å². The van der Waals surface area contributed by atoms with E-state index >= 15 is 0 Å². The maximum Gasteiger partial charge on any atom is 0.0409 e. The Morgan fingerprint density at radius 3 is 1.11 bits per heavy atom. The third-order valence-electron chi connectivity index (χ3n) is 8.69. The predicted molar refractivity (Wildman–Crippen MR) is 243 cm³/mol. The summed E-state index contributed by atoms with van der Waals surface area (Å²) in [6.07, 6.45) is -16.4. The fourth-order valence-electron chi connectivity index (χ4n) is 6.78. The molecule has 0 unspecified atom stereocenters. The lowest BCUT2D eigenvalue weighted by atomic mass is 8.29. The van der Waals surface area contributed by atoms with Gasteiger partial charge in [-0.2, -0.15) is 0 Å². The highest BCUT2D eigenvalue weighted by Gasteiger charge is 2.54. The Morgan fingerprint density at radius 1 is 0.467 bits per heavy atom. The van der Waals surface area contributed by atoms with Crippen LogP contribution in [0.25, 0.3) is 0 Å². The zero-order valence-electron chi connectivity index (χ0n) is 25.7. The summed E-state index contributed by atoms with van der Waals surface area (Å²) in [7, 11) is 112. The van der Waals surface area contributed by atoms with Crippen LogP contribution in [0.1, 0.15) is 11.1 Å². The van der Waals surface area contributed by atoms with Gasteiger partial charge in [0.2, 0.25) is 0 Å². The molecule has 1 aromatic rings. The van der Waals surface area contributed by atoms with Crippen LogP contribution in [0.5, 0.6) is 0 Å². The molecule has 37 radical (unpaired) electrons. The van der Waals surface area contributed by atoms with Crippen molar-refractivity contribution in [1.29, 1.82) is 0 Å². The molecule has 1 heterocycles. The van der Waals surface area contributed by atoms with Gasteiger partial charge in [-0.3, -0.25) is 0 Å². The summed E-state index contributed by atoms with van der Waals surface area (Å²) in [6, 6.07) is 6.04. The summed E-state index contributed by atoms with van der Waals surface area (Å²) in [4.78, 5) is 0. The van der Waals surface area contributed by atoms with Crippen LogP contribution in [0, 0.1) is 0 Å². The Labute approximate surface area is 310 Å². The van der Waals surface area contributed by atoms with E-state index in [-0.39, 0.29) is 0 Å². The highest BCUT2D eigenvalue weighted by atomic mass is 35.5. The molecule has 1 aliphatic heterocycles. The first-order valence-electron chi connectivity index (χ1n) is 14.7. The summed E-state index contributed by atoms with van der Waals surface area (Å²) in [5, 5.41) is 4.09. The Kier molecular flexibility index (Phi) is 21.1. The topological polar surface area (TPSA) is 12.0 Å². The third kappa shape index (κ3) is 12.8. The number of halogens is 1. The SMILES string of the molecule is Clc1ccc2c(c1)CNC2.[B][B]B([B])B(B(B([B])[B])B([B])[B])B(B(B([B])[B])B([B])[B])B(B(B([B])[B])B([B])[B])B(B([B])[B])B([B])[B]. The molecule has 0 saturated carbocycles. The van der Waals surface area contributed by atoms with E-state index in [0.29, 0.717) is 0 Å². The number of hydrogen-bond donors (Lipinski definition) is 1. The van der Waals surface area contributed by atoms with Crippen molar-refractivity contribution in [3.63, 3.8) is 0 Å². The minimum Gasteiger partial charge on any atom is -0.309 e. The van der Waals surface area contributed by atoms with E-state index < -0.39 is 102 Å². The number of benzene rings is 1. The summed E-state index contributed by atoms with van der Waals surface area (Å²) in [5.74, 6) is 0. The minimum atomic E-state index is -1.13. The summed E-state index contributed by atoms with van der Waals surface area (Å²) in [5.41, 5.74) is 2.72. The van der Waals surface area contributed by atoms with Gasteiger partial charge in [-0.25, -0.2) is 0 Å². The van der Waals surface area contributed by atoms with Gasteiger partial charge in [0.1, 0.15) is 0 Å². The Balaban J connectivity index is 0.000000836. The highest BCUT2D eigenvalue weighted by molar-refractivity contribution is 8.30. The number of nitrogens with one attached hydrogen (secondary N) is 1. The van der Waals surface area contributed by atoms with Gasteiger partial charge in [-0.15, -0.1) is 0 Å². The van der Waals surface area contributed by atoms with Crippen LogP contribution in [-0.2, 0) is 13.1 Å². The molecule has 37 heteroatoms. The largest absolute Gasteiger partial charge is 0.309 e. The fraction of sp³-hybridized carbons (Fsp3) is 0.250. The molecule has 0 atom stereocenters. The first kappa shape index (κ1) is 44.8. The van der Waals surface area contributed by atoms with Crippen LogP contribution in [0.4, 0.5) is 0 Å². The first-order chi connectivity index (χ1) is 20.8. The lowest BCUT2D eigenvalue weighted by molar-refractivity contribution is 0.765. The van der Waals surface area contributed by atoms with Crippen molar-refractivity contribution in [3.05, 3.63) is 34.3 Å². The second-order valence-electron chi connectivity index (χ2n) is 11.9. The third-order valence-corrected chi connectivity index (χ3v) is 8.92. The molecule has 1 N–H and O–H groups in total. The quantitative estimate of drug-likeness (QED) is 0.209. The van der Waals surface area contributed by atoms with Crippen molar-refractivity contribution in [2.45, 2.75) is 13.1 Å². The molecule has 0 fully saturated rings. The molecule has 0 spiro atoms. The molecule has 0 aromatic heterocycles. The van der Waals surface area contributed by atoms with Crippen LogP contribution in [0.2, 0.25) is 5.02 Å². The zero-order chi connectivity index (χ0) is 34.9. The normalized spacial score (nSPS) is 10.8. The molecule has 0 bridgehead atoms. The van der Waals surface area contributed by atoms with E-state index in [0.717, 1.165) is 18.1 Å². The van der Waals surface area contributed by atoms with Gasteiger partial charge in [-0.05, 0) is 23.3 Å². The number of rotatable bonds is 16. The fourth-order valence-corrected chi connectivity index (χ4v) is 6.97. The van der Waals surface area contributed by atoms with Crippen molar-refractivity contribution < 1.29 is 0 Å². The molecule has 0 saturated heterocycles. The second-order valence-corrected chi connectivity index (χ2v) is 12.4. The van der Waals surface area contributed by atoms with Gasteiger partial charge >= 0.3 is 0 Å². The van der Waals surface area contributed by atoms with E-state index in [2.05, 4.69) is 11.4 Å². The molecule has 2 rings (SSSR count). The van der Waals surface area contributed by atoms with Gasteiger partial charge < -0.3 is 5.32 Å². The molecule has 1 nitrogen and oxygen atoms in total. The van der Waals surface area contributed by atoms with Crippen LogP contribution in [0.3, 0.4) is 0 Å². The average molecular weight is 532 g/mol. The summed E-state index contributed by atoms with van der Waals surface area (Å²) >= 11 is 5.80. The number of fused-ring (bicyclic) bond motifs is 1. The molecule has 45 heavy (non-hydrogen) atoms. The van der Waals surface area contributed by atoms with Gasteiger partial charge in [0.15, 0.2) is 0 Å². The molecular weight excluding hydrogens is 524 g/mol. The first-order valence-corrected chi connectivity index (χ1v) is 15.1. The van der Waals surface area contributed by atoms with E-state index in [1.807, 2.05) is 12.1 Å². The molecule has 0 aliphatic carbocycles. The standard InChI is InChI=1S/C8H8ClN.B35/c9-8-2-1-6-4-10-5-7(6)3-8;1-19-28(18)33(29(20(2)3)21(4)5)35(32(26(14)15)27(16)17)34(30(22(6)7)23(8)9)31(24(10)11)25(12)13/h1-3,10H,4-5H2;. The Hall–Kier alpha value is 1.74. The van der Waals surface area contributed by atoms with E-state index in [9.17, 15) is 0 Å². The van der Waals surface area contributed by atoms with E-state index in [1.165, 1.54) is 18.2 Å². The molecule has 157 valence electrons. The van der Waals surface area contributed by atoms with Crippen molar-refractivity contribution >= 4 is 260 Å². The van der Waals surface area contributed by atoms with Crippen LogP contribution in [-0.4, -0.2) is 248 Å². The maximum atomic E-state index is 6.46. The summed E-state index contributed by atoms with van der Waals surface area (Å²) < 4.78 is 0. The molecule has 1 aromatic carbocycles. The Morgan fingerprint density at radius 2 is 0.778 bits per heavy atom. The van der Waals surface area contributed by atoms with Crippen molar-refractivity contribution in [2.75, 3.05) is 0 Å². The average Bonchev–Trinajstić information content (AvgIpc) is 3.36. The molecule has 0 amide bonds. The van der Waals surface area contributed by atoms with E-state index in [1.54, 1.807) is 0 Å². The van der Waals surface area contributed by atoms with Gasteiger partial charge in [-0.1, -0.05) is 17.7 Å². The van der Waals surface area contributed by atoms with Gasteiger partial charge in [0.25, 0.3) is 0 Å². The highest BCUT2D eigenvalue weighted by Crippen LogP contribution is 2.19. The van der Waals surface area contributed by atoms with Crippen molar-refractivity contribution in [3.8, 4) is 0 Å². The molecule has 1 aliphatic rings. The maximum absolute atomic E-state index is 6.46. The lowest BCUT2D eigenvalue weighted by Crippen LogP contribution is -2.90. The van der Waals surface area contributed by atoms with Crippen LogP contribution >= 0.6 is 11.6 Å². The van der Waals surface area contributed by atoms with Gasteiger partial charge in [0, 0.05) is 267 Å². The molecular formula is C8H8B35ClN. The lowest BCUT2D eigenvalue weighted by Gasteiger charge is -2.52. The predicted octanol–water partition coefficient (Wildman–Crippen LogP) is -11.4. The van der Waals surface area contributed by atoms with Crippen LogP contribution < -0.4 is 5.32 Å². The summed E-state index contributed by atoms with van der Waals surface area (Å²) in [6.45, 7) is 1.96. The Bertz CT molecular complexity index is 919. The zero-order valence-corrected chi connectivity index (χ0v) is 26.5. The monoisotopic (exact) mass is 538 g/mol. The van der Waals surface area contributed by atoms with Crippen LogP contribution in [0.15, 0.2) is 18.2 Å².